The molecule has 1 aliphatic rings. The second-order valence-corrected chi connectivity index (χ2v) is 6.08. The number of hydrogen-bond donors (Lipinski definition) is 0. The van der Waals surface area contributed by atoms with Crippen molar-refractivity contribution in [3.63, 3.8) is 0 Å². The molecule has 2 aromatic carbocycles. The van der Waals surface area contributed by atoms with Gasteiger partial charge in [0.2, 0.25) is 0 Å². The number of fused-ring (bicyclic) bond motifs is 1. The number of ketones is 1. The first kappa shape index (κ1) is 15.9. The highest BCUT2D eigenvalue weighted by Crippen LogP contribution is 2.32. The molecule has 0 saturated heterocycles. The van der Waals surface area contributed by atoms with Crippen molar-refractivity contribution in [3.8, 4) is 0 Å². The molecule has 0 aliphatic carbocycles. The van der Waals surface area contributed by atoms with Gasteiger partial charge in [0.1, 0.15) is 6.04 Å². The van der Waals surface area contributed by atoms with Gasteiger partial charge in [-0.25, -0.2) is 0 Å². The Bertz CT molecular complexity index is 769. The predicted octanol–water partition coefficient (Wildman–Crippen LogP) is 3.64. The molecule has 23 heavy (non-hydrogen) atoms. The Kier molecular flexibility index (Phi) is 4.33. The van der Waals surface area contributed by atoms with Crippen molar-refractivity contribution < 1.29 is 14.4 Å². The van der Waals surface area contributed by atoms with Gasteiger partial charge in [0, 0.05) is 5.02 Å². The molecule has 0 saturated carbocycles. The molecular weight excluding hydrogens is 382 g/mol. The largest absolute Gasteiger partial charge is 0.296 e. The fourth-order valence-corrected chi connectivity index (χ4v) is 3.07. The summed E-state index contributed by atoms with van der Waals surface area (Å²) in [5.74, 6) is -1.19. The van der Waals surface area contributed by atoms with E-state index < -0.39 is 17.9 Å². The molecule has 1 atom stereocenters. The van der Waals surface area contributed by atoms with Crippen LogP contribution in [0.25, 0.3) is 0 Å². The number of carbonyl (C=O) groups is 3. The maximum atomic E-state index is 12.6. The number of halogens is 2. The molecule has 3 rings (SSSR count). The van der Waals surface area contributed by atoms with E-state index in [1.807, 2.05) is 0 Å². The van der Waals surface area contributed by atoms with Crippen molar-refractivity contribution in [2.75, 3.05) is 5.33 Å². The number of hydrogen-bond acceptors (Lipinski definition) is 3. The first-order valence-corrected chi connectivity index (χ1v) is 8.35. The summed E-state index contributed by atoms with van der Waals surface area (Å²) in [5.41, 5.74) is 1.19. The third kappa shape index (κ3) is 2.71. The van der Waals surface area contributed by atoms with E-state index in [2.05, 4.69) is 15.9 Å². The molecule has 0 radical (unpaired) electrons. The Morgan fingerprint density at radius 1 is 1.00 bits per heavy atom. The molecule has 0 bridgehead atoms. The molecule has 2 amide bonds. The molecule has 0 spiro atoms. The van der Waals surface area contributed by atoms with Crippen LogP contribution in [0.4, 0.5) is 0 Å². The minimum absolute atomic E-state index is 0.0354. The summed E-state index contributed by atoms with van der Waals surface area (Å²) in [4.78, 5) is 38.7. The Hall–Kier alpha value is -1.98. The van der Waals surface area contributed by atoms with Gasteiger partial charge in [0.05, 0.1) is 16.5 Å². The average Bonchev–Trinajstić information content (AvgIpc) is 2.82. The topological polar surface area (TPSA) is 54.5 Å². The van der Waals surface area contributed by atoms with Crippen LogP contribution < -0.4 is 0 Å². The quantitative estimate of drug-likeness (QED) is 0.589. The number of carbonyl (C=O) groups excluding carboxylic acids is 3. The van der Waals surface area contributed by atoms with E-state index in [1.165, 1.54) is 0 Å². The molecule has 4 nitrogen and oxygen atoms in total. The number of rotatable bonds is 4. The molecular formula is C17H11BrClNO3. The fourth-order valence-electron chi connectivity index (χ4n) is 2.64. The van der Waals surface area contributed by atoms with Gasteiger partial charge in [-0.1, -0.05) is 51.8 Å². The van der Waals surface area contributed by atoms with E-state index in [1.54, 1.807) is 48.5 Å². The minimum Gasteiger partial charge on any atom is -0.296 e. The molecule has 6 heteroatoms. The van der Waals surface area contributed by atoms with Crippen LogP contribution in [0.2, 0.25) is 5.02 Å². The molecule has 1 unspecified atom stereocenters. The normalized spacial score (nSPS) is 14.8. The number of benzene rings is 2. The lowest BCUT2D eigenvalue weighted by Gasteiger charge is -2.25. The summed E-state index contributed by atoms with van der Waals surface area (Å²) >= 11 is 9.00. The number of imide groups is 1. The van der Waals surface area contributed by atoms with E-state index in [0.717, 1.165) is 4.90 Å². The maximum Gasteiger partial charge on any atom is 0.262 e. The van der Waals surface area contributed by atoms with Gasteiger partial charge in [0.15, 0.2) is 5.78 Å². The van der Waals surface area contributed by atoms with Crippen molar-refractivity contribution in [2.24, 2.45) is 0 Å². The third-order valence-corrected chi connectivity index (χ3v) is 4.51. The van der Waals surface area contributed by atoms with Crippen LogP contribution in [-0.2, 0) is 4.79 Å². The zero-order valence-electron chi connectivity index (χ0n) is 11.8. The smallest absolute Gasteiger partial charge is 0.262 e. The third-order valence-electron chi connectivity index (χ3n) is 3.71. The van der Waals surface area contributed by atoms with Crippen LogP contribution in [0.15, 0.2) is 48.5 Å². The number of amides is 2. The first-order valence-electron chi connectivity index (χ1n) is 6.85. The summed E-state index contributed by atoms with van der Waals surface area (Å²) in [5, 5.41) is 0.550. The Balaban J connectivity index is 2.09. The van der Waals surface area contributed by atoms with E-state index >= 15 is 0 Å². The van der Waals surface area contributed by atoms with E-state index in [0.29, 0.717) is 21.7 Å². The van der Waals surface area contributed by atoms with Crippen LogP contribution in [0.3, 0.4) is 0 Å². The van der Waals surface area contributed by atoms with Crippen molar-refractivity contribution in [3.05, 3.63) is 70.2 Å². The van der Waals surface area contributed by atoms with Crippen molar-refractivity contribution in [1.82, 2.24) is 4.90 Å². The Morgan fingerprint density at radius 3 is 2.00 bits per heavy atom. The second kappa shape index (κ2) is 6.26. The predicted molar refractivity (Wildman–Crippen MR) is 89.9 cm³/mol. The van der Waals surface area contributed by atoms with Gasteiger partial charge in [-0.15, -0.1) is 0 Å². The summed E-state index contributed by atoms with van der Waals surface area (Å²) in [6.45, 7) is 0. The average molecular weight is 393 g/mol. The lowest BCUT2D eigenvalue weighted by atomic mass is 10.0. The van der Waals surface area contributed by atoms with Gasteiger partial charge in [-0.05, 0) is 29.8 Å². The Morgan fingerprint density at radius 2 is 1.52 bits per heavy atom. The van der Waals surface area contributed by atoms with Gasteiger partial charge < -0.3 is 0 Å². The van der Waals surface area contributed by atoms with E-state index in [-0.39, 0.29) is 11.1 Å². The Labute approximate surface area is 146 Å². The highest BCUT2D eigenvalue weighted by Gasteiger charge is 2.42. The van der Waals surface area contributed by atoms with Crippen molar-refractivity contribution in [2.45, 2.75) is 6.04 Å². The van der Waals surface area contributed by atoms with E-state index in [9.17, 15) is 14.4 Å². The molecule has 0 N–H and O–H groups in total. The number of alkyl halides is 1. The second-order valence-electron chi connectivity index (χ2n) is 5.08. The van der Waals surface area contributed by atoms with Crippen LogP contribution in [0, 0.1) is 0 Å². The van der Waals surface area contributed by atoms with Crippen LogP contribution in [-0.4, -0.2) is 27.8 Å². The lowest BCUT2D eigenvalue weighted by molar-refractivity contribution is -0.120. The SMILES string of the molecule is O=C(CBr)C(c1ccc(Cl)cc1)N1C(=O)c2ccccc2C1=O. The standard InChI is InChI=1S/C17H11BrClNO3/c18-9-14(21)15(10-5-7-11(19)8-6-10)20-16(22)12-3-1-2-4-13(12)17(20)23/h1-8,15H,9H2. The molecule has 0 fully saturated rings. The number of Topliss-reactive ketones (excluding diaryl/α,β-unsaturated/α-hetero) is 1. The number of nitrogens with zero attached hydrogens (tertiary/aromatic N) is 1. The highest BCUT2D eigenvalue weighted by atomic mass is 79.9. The summed E-state index contributed by atoms with van der Waals surface area (Å²) in [7, 11) is 0. The zero-order chi connectivity index (χ0) is 16.6. The van der Waals surface area contributed by atoms with Gasteiger partial charge in [0.25, 0.3) is 11.8 Å². The van der Waals surface area contributed by atoms with Gasteiger partial charge in [-0.3, -0.25) is 19.3 Å². The summed E-state index contributed by atoms with van der Waals surface area (Å²) in [6, 6.07) is 12.1. The molecule has 116 valence electrons. The molecule has 0 aromatic heterocycles. The minimum atomic E-state index is -0.973. The van der Waals surface area contributed by atoms with Gasteiger partial charge >= 0.3 is 0 Å². The summed E-state index contributed by atoms with van der Waals surface area (Å²) in [6.07, 6.45) is 0. The van der Waals surface area contributed by atoms with Gasteiger partial charge in [-0.2, -0.15) is 0 Å². The first-order chi connectivity index (χ1) is 11.0. The van der Waals surface area contributed by atoms with Crippen molar-refractivity contribution >= 4 is 45.1 Å². The van der Waals surface area contributed by atoms with Crippen LogP contribution in [0.1, 0.15) is 32.3 Å². The molecule has 1 heterocycles. The highest BCUT2D eigenvalue weighted by molar-refractivity contribution is 9.09. The van der Waals surface area contributed by atoms with Crippen molar-refractivity contribution in [1.29, 1.82) is 0 Å². The molecule has 1 aliphatic heterocycles. The zero-order valence-corrected chi connectivity index (χ0v) is 14.2. The van der Waals surface area contributed by atoms with Crippen LogP contribution in [0.5, 0.6) is 0 Å². The maximum absolute atomic E-state index is 12.6. The summed E-state index contributed by atoms with van der Waals surface area (Å²) < 4.78 is 0. The monoisotopic (exact) mass is 391 g/mol. The van der Waals surface area contributed by atoms with E-state index in [4.69, 9.17) is 11.6 Å². The molecule has 2 aromatic rings. The fraction of sp³-hybridized carbons (Fsp3) is 0.118. The van der Waals surface area contributed by atoms with Crippen LogP contribution >= 0.6 is 27.5 Å². The lowest BCUT2D eigenvalue weighted by Crippen LogP contribution is -2.39.